The van der Waals surface area contributed by atoms with Crippen molar-refractivity contribution < 1.29 is 13.6 Å². The number of fused-ring (bicyclic) bond motifs is 1. The number of oxazole rings is 1. The predicted octanol–water partition coefficient (Wildman–Crippen LogP) is 6.98. The molecule has 178 valence electrons. The zero-order valence-corrected chi connectivity index (χ0v) is 20.7. The molecule has 3 heterocycles. The van der Waals surface area contributed by atoms with E-state index >= 15 is 0 Å². The maximum Gasteiger partial charge on any atom is 0.250 e. The SMILES string of the molecule is O=C(/C=C/c1ccc(-c2cccc(Cl)c2Cl)o1)NC(=S)Nc1ccc(-c2nc3ncccc3o2)cc1. The molecule has 0 fully saturated rings. The Morgan fingerprint density at radius 1 is 0.972 bits per heavy atom. The van der Waals surface area contributed by atoms with Gasteiger partial charge in [-0.2, -0.15) is 4.98 Å². The normalized spacial score (nSPS) is 11.2. The summed E-state index contributed by atoms with van der Waals surface area (Å²) in [5, 5.41) is 6.54. The lowest BCUT2D eigenvalue weighted by Gasteiger charge is -2.08. The third-order valence-electron chi connectivity index (χ3n) is 5.03. The summed E-state index contributed by atoms with van der Waals surface area (Å²) in [5.74, 6) is 1.06. The summed E-state index contributed by atoms with van der Waals surface area (Å²) in [6, 6.07) is 19.6. The average molecular weight is 535 g/mol. The van der Waals surface area contributed by atoms with Crippen LogP contribution in [-0.4, -0.2) is 21.0 Å². The first-order chi connectivity index (χ1) is 17.5. The van der Waals surface area contributed by atoms with Crippen molar-refractivity contribution >= 4 is 69.4 Å². The highest BCUT2D eigenvalue weighted by Crippen LogP contribution is 2.34. The topological polar surface area (TPSA) is 93.2 Å². The van der Waals surface area contributed by atoms with Crippen molar-refractivity contribution in [1.82, 2.24) is 15.3 Å². The molecule has 0 aliphatic rings. The second-order valence-electron chi connectivity index (χ2n) is 7.50. The molecule has 7 nitrogen and oxygen atoms in total. The third-order valence-corrected chi connectivity index (χ3v) is 6.06. The van der Waals surface area contributed by atoms with Gasteiger partial charge in [-0.25, -0.2) is 4.98 Å². The Morgan fingerprint density at radius 2 is 1.81 bits per heavy atom. The molecule has 0 unspecified atom stereocenters. The minimum absolute atomic E-state index is 0.148. The number of carbonyl (C=O) groups is 1. The van der Waals surface area contributed by atoms with Gasteiger partial charge >= 0.3 is 0 Å². The van der Waals surface area contributed by atoms with Gasteiger partial charge in [0, 0.05) is 29.1 Å². The Bertz CT molecular complexity index is 1580. The lowest BCUT2D eigenvalue weighted by Crippen LogP contribution is -2.32. The Kier molecular flexibility index (Phi) is 6.81. The summed E-state index contributed by atoms with van der Waals surface area (Å²) < 4.78 is 11.5. The molecule has 2 aromatic carbocycles. The molecule has 2 N–H and O–H groups in total. The van der Waals surface area contributed by atoms with Crippen LogP contribution in [0.15, 0.2) is 87.8 Å². The van der Waals surface area contributed by atoms with Crippen LogP contribution in [0.2, 0.25) is 10.0 Å². The zero-order chi connectivity index (χ0) is 25.1. The van der Waals surface area contributed by atoms with Crippen LogP contribution in [-0.2, 0) is 4.79 Å². The first-order valence-electron chi connectivity index (χ1n) is 10.6. The fraction of sp³-hybridized carbons (Fsp3) is 0. The van der Waals surface area contributed by atoms with Gasteiger partial charge in [0.05, 0.1) is 10.0 Å². The molecule has 0 saturated carbocycles. The second-order valence-corrected chi connectivity index (χ2v) is 8.70. The molecule has 0 radical (unpaired) electrons. The fourth-order valence-electron chi connectivity index (χ4n) is 3.34. The number of anilines is 1. The summed E-state index contributed by atoms with van der Waals surface area (Å²) in [6.07, 6.45) is 4.51. The summed E-state index contributed by atoms with van der Waals surface area (Å²) in [7, 11) is 0. The molecule has 3 aromatic heterocycles. The van der Waals surface area contributed by atoms with Crippen LogP contribution in [0.4, 0.5) is 5.69 Å². The number of aromatic nitrogens is 2. The third kappa shape index (κ3) is 5.31. The van der Waals surface area contributed by atoms with E-state index in [0.29, 0.717) is 49.9 Å². The number of nitrogens with zero attached hydrogens (tertiary/aromatic N) is 2. The van der Waals surface area contributed by atoms with Gasteiger partial charge in [0.1, 0.15) is 11.5 Å². The van der Waals surface area contributed by atoms with Crippen LogP contribution < -0.4 is 10.6 Å². The Hall–Kier alpha value is -3.98. The number of rotatable bonds is 5. The fourth-order valence-corrected chi connectivity index (χ4v) is 3.96. The molecule has 5 rings (SSSR count). The first-order valence-corrected chi connectivity index (χ1v) is 11.8. The van der Waals surface area contributed by atoms with Gasteiger partial charge in [-0.1, -0.05) is 29.3 Å². The van der Waals surface area contributed by atoms with E-state index in [0.717, 1.165) is 5.56 Å². The summed E-state index contributed by atoms with van der Waals surface area (Å²) in [4.78, 5) is 20.8. The van der Waals surface area contributed by atoms with Crippen molar-refractivity contribution in [2.24, 2.45) is 0 Å². The molecule has 10 heteroatoms. The number of carbonyl (C=O) groups excluding carboxylic acids is 1. The van der Waals surface area contributed by atoms with Crippen LogP contribution in [0.3, 0.4) is 0 Å². The van der Waals surface area contributed by atoms with Crippen LogP contribution >= 0.6 is 35.4 Å². The van der Waals surface area contributed by atoms with E-state index in [4.69, 9.17) is 44.3 Å². The largest absolute Gasteiger partial charge is 0.457 e. The molecule has 36 heavy (non-hydrogen) atoms. The minimum Gasteiger partial charge on any atom is -0.457 e. The van der Waals surface area contributed by atoms with Crippen molar-refractivity contribution in [1.29, 1.82) is 0 Å². The first kappa shape index (κ1) is 23.7. The molecule has 1 amide bonds. The van der Waals surface area contributed by atoms with E-state index in [1.54, 1.807) is 54.7 Å². The molecule has 0 aliphatic heterocycles. The molecular weight excluding hydrogens is 519 g/mol. The maximum absolute atomic E-state index is 12.3. The number of pyridine rings is 1. The lowest BCUT2D eigenvalue weighted by molar-refractivity contribution is -0.115. The average Bonchev–Trinajstić information content (AvgIpc) is 3.52. The monoisotopic (exact) mass is 534 g/mol. The molecule has 0 aliphatic carbocycles. The highest BCUT2D eigenvalue weighted by atomic mass is 35.5. The highest BCUT2D eigenvalue weighted by molar-refractivity contribution is 7.80. The molecular formula is C26H16Cl2N4O3S. The smallest absolute Gasteiger partial charge is 0.250 e. The van der Waals surface area contributed by atoms with E-state index in [1.807, 2.05) is 18.2 Å². The number of thiocarbonyl (C=S) groups is 1. The van der Waals surface area contributed by atoms with Gasteiger partial charge in [-0.15, -0.1) is 0 Å². The molecule has 5 aromatic rings. The van der Waals surface area contributed by atoms with Crippen molar-refractivity contribution in [3.8, 4) is 22.8 Å². The zero-order valence-electron chi connectivity index (χ0n) is 18.4. The highest BCUT2D eigenvalue weighted by Gasteiger charge is 2.11. The van der Waals surface area contributed by atoms with Crippen LogP contribution in [0, 0.1) is 0 Å². The van der Waals surface area contributed by atoms with Gasteiger partial charge in [-0.05, 0) is 79.0 Å². The van der Waals surface area contributed by atoms with Gasteiger partial charge in [0.2, 0.25) is 11.8 Å². The van der Waals surface area contributed by atoms with Gasteiger partial charge in [0.15, 0.2) is 16.3 Å². The Morgan fingerprint density at radius 3 is 2.61 bits per heavy atom. The number of hydrogen-bond donors (Lipinski definition) is 2. The second kappa shape index (κ2) is 10.3. The molecule has 0 spiro atoms. The number of benzene rings is 2. The van der Waals surface area contributed by atoms with E-state index in [-0.39, 0.29) is 5.11 Å². The summed E-state index contributed by atoms with van der Waals surface area (Å²) in [6.45, 7) is 0. The summed E-state index contributed by atoms with van der Waals surface area (Å²) in [5.41, 5.74) is 3.30. The van der Waals surface area contributed by atoms with Gasteiger partial charge in [0.25, 0.3) is 0 Å². The van der Waals surface area contributed by atoms with E-state index in [1.165, 1.54) is 12.2 Å². The van der Waals surface area contributed by atoms with Gasteiger partial charge in [-0.3, -0.25) is 10.1 Å². The quantitative estimate of drug-likeness (QED) is 0.185. The van der Waals surface area contributed by atoms with Crippen LogP contribution in [0.5, 0.6) is 0 Å². The Labute approximate surface area is 220 Å². The molecule has 0 saturated heterocycles. The summed E-state index contributed by atoms with van der Waals surface area (Å²) >= 11 is 17.5. The van der Waals surface area contributed by atoms with Crippen LogP contribution in [0.25, 0.3) is 40.1 Å². The number of amides is 1. The predicted molar refractivity (Wildman–Crippen MR) is 145 cm³/mol. The van der Waals surface area contributed by atoms with Crippen molar-refractivity contribution in [2.75, 3.05) is 5.32 Å². The van der Waals surface area contributed by atoms with E-state index < -0.39 is 5.91 Å². The van der Waals surface area contributed by atoms with E-state index in [9.17, 15) is 4.79 Å². The lowest BCUT2D eigenvalue weighted by atomic mass is 10.2. The standard InChI is InChI=1S/C26H16Cl2N4O3S/c27-19-4-1-3-18(23(19)28)20-12-10-17(34-20)11-13-22(33)31-26(36)30-16-8-6-15(7-9-16)25-32-24-21(35-25)5-2-14-29-24/h1-14H,(H2,30,31,33,36)/b13-11+. The number of furan rings is 1. The van der Waals surface area contributed by atoms with Crippen molar-refractivity contribution in [3.63, 3.8) is 0 Å². The number of nitrogens with one attached hydrogen (secondary N) is 2. The van der Waals surface area contributed by atoms with E-state index in [2.05, 4.69) is 20.6 Å². The minimum atomic E-state index is -0.415. The maximum atomic E-state index is 12.3. The molecule has 0 atom stereocenters. The Balaban J connectivity index is 1.17. The number of hydrogen-bond acceptors (Lipinski definition) is 6. The van der Waals surface area contributed by atoms with Gasteiger partial charge < -0.3 is 14.2 Å². The number of halogens is 2. The van der Waals surface area contributed by atoms with Crippen molar-refractivity contribution in [2.45, 2.75) is 0 Å². The van der Waals surface area contributed by atoms with Crippen LogP contribution in [0.1, 0.15) is 5.76 Å². The molecule has 0 bridgehead atoms. The van der Waals surface area contributed by atoms with Crippen molar-refractivity contribution in [3.05, 3.63) is 94.8 Å².